The van der Waals surface area contributed by atoms with E-state index in [0.29, 0.717) is 17.9 Å². The zero-order valence-corrected chi connectivity index (χ0v) is 19.4. The van der Waals surface area contributed by atoms with E-state index in [1.807, 2.05) is 18.2 Å². The van der Waals surface area contributed by atoms with E-state index in [1.165, 1.54) is 51.9 Å². The minimum atomic E-state index is -0.389. The van der Waals surface area contributed by atoms with Gasteiger partial charge in [-0.25, -0.2) is 0 Å². The summed E-state index contributed by atoms with van der Waals surface area (Å²) in [7, 11) is 3.75. The van der Waals surface area contributed by atoms with Crippen LogP contribution >= 0.6 is 0 Å². The Kier molecular flexibility index (Phi) is 12.3. The van der Waals surface area contributed by atoms with E-state index < -0.39 is 0 Å². The first kappa shape index (κ1) is 26.1. The van der Waals surface area contributed by atoms with Crippen molar-refractivity contribution >= 4 is 6.08 Å². The molecule has 1 atom stereocenters. The number of methoxy groups -OCH3 is 1. The molecule has 6 heteroatoms. The number of nitrogens with zero attached hydrogens (tertiary/aromatic N) is 2. The summed E-state index contributed by atoms with van der Waals surface area (Å²) in [5.41, 5.74) is 1.89. The summed E-state index contributed by atoms with van der Waals surface area (Å²) in [4.78, 5) is 10.6. The molecule has 6 nitrogen and oxygen atoms in total. The van der Waals surface area contributed by atoms with Crippen LogP contribution in [-0.2, 0) is 6.54 Å². The zero-order chi connectivity index (χ0) is 22.4. The summed E-state index contributed by atoms with van der Waals surface area (Å²) in [6.07, 6.45) is 11.8. The third-order valence-corrected chi connectivity index (χ3v) is 5.70. The number of aliphatic hydroxyl groups is 1. The molecule has 1 rings (SSSR count). The second kappa shape index (κ2) is 14.1. The molecule has 0 spiro atoms. The summed E-state index contributed by atoms with van der Waals surface area (Å²) >= 11 is 0. The molecule has 1 N–H and O–H groups in total. The standard InChI is InChI=1S/C24H41N2O4/c1-5-6-7-8-9-10-11-12-15-26(3,16-17-27)20-22-13-14-24(30-4)23(19-22)18-21(2)25(28)29/h13-14,18-19,27H,5-12,15-17,20H2,1-4H3/q+1/b21-18-. The Balaban J connectivity index is 2.74. The predicted molar refractivity (Wildman–Crippen MR) is 123 cm³/mol. The van der Waals surface area contributed by atoms with Crippen LogP contribution in [0.15, 0.2) is 23.9 Å². The van der Waals surface area contributed by atoms with E-state index in [2.05, 4.69) is 14.0 Å². The van der Waals surface area contributed by atoms with Crippen molar-refractivity contribution in [2.75, 3.05) is 33.9 Å². The van der Waals surface area contributed by atoms with Crippen LogP contribution in [0.25, 0.3) is 6.08 Å². The van der Waals surface area contributed by atoms with E-state index in [0.717, 1.165) is 29.6 Å². The minimum absolute atomic E-state index is 0.0806. The molecule has 0 saturated heterocycles. The highest BCUT2D eigenvalue weighted by atomic mass is 16.6. The lowest BCUT2D eigenvalue weighted by Crippen LogP contribution is -2.46. The molecule has 0 amide bonds. The number of hydrogen-bond donors (Lipinski definition) is 1. The van der Waals surface area contributed by atoms with Crippen molar-refractivity contribution in [2.24, 2.45) is 0 Å². The van der Waals surface area contributed by atoms with Crippen LogP contribution in [0.5, 0.6) is 5.75 Å². The lowest BCUT2D eigenvalue weighted by molar-refractivity contribution is -0.923. The molecule has 0 fully saturated rings. The van der Waals surface area contributed by atoms with Gasteiger partial charge in [0.05, 0.1) is 32.2 Å². The average molecular weight is 422 g/mol. The summed E-state index contributed by atoms with van der Waals surface area (Å²) in [5, 5.41) is 20.6. The molecule has 170 valence electrons. The van der Waals surface area contributed by atoms with E-state index in [1.54, 1.807) is 13.2 Å². The molecule has 1 aromatic carbocycles. The Morgan fingerprint density at radius 2 is 1.77 bits per heavy atom. The van der Waals surface area contributed by atoms with Crippen LogP contribution in [0.1, 0.15) is 76.3 Å². The van der Waals surface area contributed by atoms with Crippen molar-refractivity contribution in [3.05, 3.63) is 45.1 Å². The largest absolute Gasteiger partial charge is 0.496 e. The number of aliphatic hydroxyl groups excluding tert-OH is 1. The maximum absolute atomic E-state index is 11.0. The normalized spacial score (nSPS) is 13.8. The summed E-state index contributed by atoms with van der Waals surface area (Å²) in [6.45, 7) is 6.37. The molecule has 0 aliphatic carbocycles. The second-order valence-corrected chi connectivity index (χ2v) is 8.54. The number of rotatable bonds is 16. The lowest BCUT2D eigenvalue weighted by Gasteiger charge is -2.34. The van der Waals surface area contributed by atoms with Crippen molar-refractivity contribution in [2.45, 2.75) is 71.8 Å². The summed E-state index contributed by atoms with van der Waals surface area (Å²) in [6, 6.07) is 5.85. The first-order chi connectivity index (χ1) is 14.3. The fourth-order valence-corrected chi connectivity index (χ4v) is 3.85. The maximum Gasteiger partial charge on any atom is 0.243 e. The number of nitro groups is 1. The third-order valence-electron chi connectivity index (χ3n) is 5.70. The molecular formula is C24H41N2O4+. The van der Waals surface area contributed by atoms with Crippen LogP contribution in [0.3, 0.4) is 0 Å². The van der Waals surface area contributed by atoms with Crippen molar-refractivity contribution in [1.29, 1.82) is 0 Å². The zero-order valence-electron chi connectivity index (χ0n) is 19.4. The van der Waals surface area contributed by atoms with Gasteiger partial charge in [-0.15, -0.1) is 0 Å². The molecule has 1 unspecified atom stereocenters. The number of unbranched alkanes of at least 4 members (excludes halogenated alkanes) is 7. The average Bonchev–Trinajstić information content (AvgIpc) is 2.70. The van der Waals surface area contributed by atoms with Crippen molar-refractivity contribution in [3.63, 3.8) is 0 Å². The first-order valence-electron chi connectivity index (χ1n) is 11.3. The molecule has 0 aliphatic rings. The van der Waals surface area contributed by atoms with Crippen LogP contribution in [0, 0.1) is 10.1 Å². The smallest absolute Gasteiger partial charge is 0.243 e. The minimum Gasteiger partial charge on any atom is -0.496 e. The van der Waals surface area contributed by atoms with Gasteiger partial charge in [-0.1, -0.05) is 45.4 Å². The third kappa shape index (κ3) is 9.72. The molecule has 0 aliphatic heterocycles. The van der Waals surface area contributed by atoms with Crippen LogP contribution in [-0.4, -0.2) is 48.4 Å². The number of likely N-dealkylation sites (N-methyl/N-ethyl adjacent to an activating group) is 1. The van der Waals surface area contributed by atoms with Gasteiger partial charge in [-0.05, 0) is 31.0 Å². The molecule has 1 aromatic rings. The highest BCUT2D eigenvalue weighted by Crippen LogP contribution is 2.25. The van der Waals surface area contributed by atoms with Crippen molar-refractivity contribution < 1.29 is 19.2 Å². The highest BCUT2D eigenvalue weighted by molar-refractivity contribution is 5.59. The van der Waals surface area contributed by atoms with Gasteiger partial charge in [0.15, 0.2) is 0 Å². The van der Waals surface area contributed by atoms with Gasteiger partial charge >= 0.3 is 0 Å². The second-order valence-electron chi connectivity index (χ2n) is 8.54. The first-order valence-corrected chi connectivity index (χ1v) is 11.3. The van der Waals surface area contributed by atoms with Crippen LogP contribution in [0.4, 0.5) is 0 Å². The molecule has 0 bridgehead atoms. The fraction of sp³-hybridized carbons (Fsp3) is 0.667. The quantitative estimate of drug-likeness (QED) is 0.168. The monoisotopic (exact) mass is 421 g/mol. The number of benzene rings is 1. The summed E-state index contributed by atoms with van der Waals surface area (Å²) in [5.74, 6) is 0.624. The Bertz CT molecular complexity index is 675. The van der Waals surface area contributed by atoms with Gasteiger partial charge in [-0.3, -0.25) is 10.1 Å². The molecule has 0 radical (unpaired) electrons. The number of ether oxygens (including phenoxy) is 1. The molecule has 30 heavy (non-hydrogen) atoms. The number of quaternary nitrogens is 1. The molecule has 0 saturated carbocycles. The highest BCUT2D eigenvalue weighted by Gasteiger charge is 2.22. The Hall–Kier alpha value is -1.92. The van der Waals surface area contributed by atoms with E-state index in [9.17, 15) is 15.2 Å². The SMILES string of the molecule is CCCCCCCCCC[N+](C)(CCO)Cc1ccc(OC)c(/C=C(/C)[N+](=O)[O-])c1. The van der Waals surface area contributed by atoms with Gasteiger partial charge in [0.1, 0.15) is 18.8 Å². The fourth-order valence-electron chi connectivity index (χ4n) is 3.85. The predicted octanol–water partition coefficient (Wildman–Crippen LogP) is 5.41. The van der Waals surface area contributed by atoms with E-state index in [4.69, 9.17) is 4.74 Å². The Morgan fingerprint density at radius 1 is 1.13 bits per heavy atom. The Labute approximate surface area is 182 Å². The van der Waals surface area contributed by atoms with Gasteiger partial charge in [0.2, 0.25) is 5.70 Å². The maximum atomic E-state index is 11.0. The van der Waals surface area contributed by atoms with Crippen LogP contribution < -0.4 is 4.74 Å². The molecular weight excluding hydrogens is 380 g/mol. The van der Waals surface area contributed by atoms with Gasteiger partial charge in [0.25, 0.3) is 0 Å². The Morgan fingerprint density at radius 3 is 2.33 bits per heavy atom. The molecule has 0 aromatic heterocycles. The van der Waals surface area contributed by atoms with Crippen LogP contribution in [0.2, 0.25) is 0 Å². The lowest BCUT2D eigenvalue weighted by atomic mass is 10.1. The van der Waals surface area contributed by atoms with E-state index >= 15 is 0 Å². The van der Waals surface area contributed by atoms with Gasteiger partial charge < -0.3 is 14.3 Å². The van der Waals surface area contributed by atoms with Gasteiger partial charge in [-0.2, -0.15) is 0 Å². The summed E-state index contributed by atoms with van der Waals surface area (Å²) < 4.78 is 6.13. The van der Waals surface area contributed by atoms with E-state index in [-0.39, 0.29) is 17.2 Å². The van der Waals surface area contributed by atoms with Gasteiger partial charge in [0, 0.05) is 24.1 Å². The molecule has 0 heterocycles. The van der Waals surface area contributed by atoms with Crippen molar-refractivity contribution in [3.8, 4) is 5.75 Å². The number of allylic oxidation sites excluding steroid dienone is 1. The topological polar surface area (TPSA) is 72.6 Å². The number of hydrogen-bond acceptors (Lipinski definition) is 4. The van der Waals surface area contributed by atoms with Crippen molar-refractivity contribution in [1.82, 2.24) is 0 Å².